The van der Waals surface area contributed by atoms with Crippen LogP contribution in [0.25, 0.3) is 0 Å². The van der Waals surface area contributed by atoms with Gasteiger partial charge in [0.05, 0.1) is 0 Å². The molecule has 1 aliphatic heterocycles. The predicted molar refractivity (Wildman–Crippen MR) is 70.9 cm³/mol. The van der Waals surface area contributed by atoms with E-state index in [2.05, 4.69) is 10.2 Å². The third-order valence-electron chi connectivity index (χ3n) is 3.91. The minimum Gasteiger partial charge on any atom is -0.480 e. The third kappa shape index (κ3) is 4.47. The zero-order valence-electron chi connectivity index (χ0n) is 11.5. The number of amides is 1. The van der Waals surface area contributed by atoms with Crippen LogP contribution in [0.1, 0.15) is 26.2 Å². The van der Waals surface area contributed by atoms with Crippen LogP contribution in [0, 0.1) is 0 Å². The van der Waals surface area contributed by atoms with E-state index in [0.717, 1.165) is 45.6 Å². The van der Waals surface area contributed by atoms with Gasteiger partial charge in [0.25, 0.3) is 0 Å². The van der Waals surface area contributed by atoms with Crippen molar-refractivity contribution >= 4 is 11.9 Å². The van der Waals surface area contributed by atoms with Crippen LogP contribution in [0.3, 0.4) is 0 Å². The van der Waals surface area contributed by atoms with E-state index in [1.165, 1.54) is 0 Å². The number of hydrogen-bond donors (Lipinski definition) is 2. The maximum absolute atomic E-state index is 11.6. The molecule has 1 heterocycles. The smallest absolute Gasteiger partial charge is 0.320 e. The Bertz CT molecular complexity index is 336. The molecule has 2 rings (SSSR count). The zero-order valence-corrected chi connectivity index (χ0v) is 11.5. The topological polar surface area (TPSA) is 72.9 Å². The Morgan fingerprint density at radius 3 is 2.42 bits per heavy atom. The maximum atomic E-state index is 11.6. The Hall–Kier alpha value is -1.14. The molecule has 0 radical (unpaired) electrons. The Morgan fingerprint density at radius 2 is 1.89 bits per heavy atom. The number of rotatable bonds is 6. The quantitative estimate of drug-likeness (QED) is 0.695. The van der Waals surface area contributed by atoms with Crippen LogP contribution in [0.5, 0.6) is 0 Å². The second-order valence-electron chi connectivity index (χ2n) is 5.48. The lowest BCUT2D eigenvalue weighted by Gasteiger charge is -2.36. The van der Waals surface area contributed by atoms with E-state index >= 15 is 0 Å². The molecule has 0 aromatic rings. The summed E-state index contributed by atoms with van der Waals surface area (Å²) in [4.78, 5) is 26.7. The van der Waals surface area contributed by atoms with Crippen molar-refractivity contribution in [3.8, 4) is 0 Å². The van der Waals surface area contributed by atoms with Crippen molar-refractivity contribution in [3.63, 3.8) is 0 Å². The summed E-state index contributed by atoms with van der Waals surface area (Å²) in [6.45, 7) is 5.70. The van der Waals surface area contributed by atoms with E-state index in [-0.39, 0.29) is 5.91 Å². The van der Waals surface area contributed by atoms with Gasteiger partial charge in [-0.25, -0.2) is 0 Å². The van der Waals surface area contributed by atoms with Crippen LogP contribution in [-0.2, 0) is 9.59 Å². The molecule has 6 heteroatoms. The van der Waals surface area contributed by atoms with Gasteiger partial charge in [0, 0.05) is 45.2 Å². The minimum absolute atomic E-state index is 0.142. The van der Waals surface area contributed by atoms with Gasteiger partial charge in [0.2, 0.25) is 5.91 Å². The van der Waals surface area contributed by atoms with Gasteiger partial charge in [-0.05, 0) is 19.8 Å². The highest BCUT2D eigenvalue weighted by atomic mass is 16.4. The number of carbonyl (C=O) groups excluding carboxylic acids is 1. The summed E-state index contributed by atoms with van der Waals surface area (Å²) in [5.41, 5.74) is 0. The molecule has 108 valence electrons. The standard InChI is InChI=1S/C13H23N3O3/c1-10(13(18)19)16-8-6-15(7-9-16)5-4-12(17)14-11-2-3-11/h10-11H,2-9H2,1H3,(H,14,17)(H,18,19). The van der Waals surface area contributed by atoms with Crippen molar-refractivity contribution < 1.29 is 14.7 Å². The highest BCUT2D eigenvalue weighted by Gasteiger charge is 2.26. The van der Waals surface area contributed by atoms with Gasteiger partial charge in [0.1, 0.15) is 6.04 Å². The molecule has 6 nitrogen and oxygen atoms in total. The number of aliphatic carboxylic acids is 1. The molecule has 1 aliphatic carbocycles. The van der Waals surface area contributed by atoms with Gasteiger partial charge in [-0.1, -0.05) is 0 Å². The van der Waals surface area contributed by atoms with Gasteiger partial charge in [-0.15, -0.1) is 0 Å². The van der Waals surface area contributed by atoms with Crippen molar-refractivity contribution in [3.05, 3.63) is 0 Å². The third-order valence-corrected chi connectivity index (χ3v) is 3.91. The summed E-state index contributed by atoms with van der Waals surface area (Å²) in [6.07, 6.45) is 2.79. The van der Waals surface area contributed by atoms with Gasteiger partial charge >= 0.3 is 5.97 Å². The maximum Gasteiger partial charge on any atom is 0.320 e. The molecule has 2 N–H and O–H groups in total. The van der Waals surface area contributed by atoms with Crippen molar-refractivity contribution in [1.29, 1.82) is 0 Å². The first kappa shape index (κ1) is 14.3. The van der Waals surface area contributed by atoms with Gasteiger partial charge in [-0.2, -0.15) is 0 Å². The molecule has 1 atom stereocenters. The Labute approximate surface area is 113 Å². The molecule has 19 heavy (non-hydrogen) atoms. The fourth-order valence-corrected chi connectivity index (χ4v) is 2.32. The van der Waals surface area contributed by atoms with Crippen molar-refractivity contribution in [1.82, 2.24) is 15.1 Å². The summed E-state index contributed by atoms with van der Waals surface area (Å²) >= 11 is 0. The van der Waals surface area contributed by atoms with Gasteiger partial charge < -0.3 is 15.3 Å². The average Bonchev–Trinajstić information content (AvgIpc) is 3.20. The molecule has 2 aliphatic rings. The highest BCUT2D eigenvalue weighted by molar-refractivity contribution is 5.76. The molecule has 1 saturated heterocycles. The van der Waals surface area contributed by atoms with E-state index in [9.17, 15) is 9.59 Å². The van der Waals surface area contributed by atoms with Crippen LogP contribution >= 0.6 is 0 Å². The van der Waals surface area contributed by atoms with Crippen LogP contribution < -0.4 is 5.32 Å². The van der Waals surface area contributed by atoms with Crippen LogP contribution in [0.4, 0.5) is 0 Å². The Balaban J connectivity index is 1.62. The van der Waals surface area contributed by atoms with Crippen LogP contribution in [0.2, 0.25) is 0 Å². The second-order valence-corrected chi connectivity index (χ2v) is 5.48. The zero-order chi connectivity index (χ0) is 13.8. The number of carboxylic acids is 1. The number of nitrogens with one attached hydrogen (secondary N) is 1. The first-order valence-corrected chi connectivity index (χ1v) is 7.05. The molecule has 0 aromatic heterocycles. The van der Waals surface area contributed by atoms with E-state index in [0.29, 0.717) is 12.5 Å². The second kappa shape index (κ2) is 6.34. The molecule has 1 amide bonds. The molecule has 2 fully saturated rings. The summed E-state index contributed by atoms with van der Waals surface area (Å²) < 4.78 is 0. The molecule has 0 bridgehead atoms. The SMILES string of the molecule is CC(C(=O)O)N1CCN(CCC(=O)NC2CC2)CC1. The lowest BCUT2D eigenvalue weighted by atomic mass is 10.2. The summed E-state index contributed by atoms with van der Waals surface area (Å²) in [7, 11) is 0. The molecular formula is C13H23N3O3. The Kier molecular flexibility index (Phi) is 4.76. The molecular weight excluding hydrogens is 246 g/mol. The predicted octanol–water partition coefficient (Wildman–Crippen LogP) is -0.254. The van der Waals surface area contributed by atoms with Crippen molar-refractivity contribution in [2.75, 3.05) is 32.7 Å². The normalized spacial score (nSPS) is 23.0. The Morgan fingerprint density at radius 1 is 1.26 bits per heavy atom. The first-order valence-electron chi connectivity index (χ1n) is 7.05. The van der Waals surface area contributed by atoms with Gasteiger partial charge in [0.15, 0.2) is 0 Å². The fraction of sp³-hybridized carbons (Fsp3) is 0.846. The molecule has 1 unspecified atom stereocenters. The highest BCUT2D eigenvalue weighted by Crippen LogP contribution is 2.18. The molecule has 0 aromatic carbocycles. The monoisotopic (exact) mass is 269 g/mol. The first-order chi connectivity index (χ1) is 9.06. The van der Waals surface area contributed by atoms with Crippen LogP contribution in [0.15, 0.2) is 0 Å². The number of carbonyl (C=O) groups is 2. The molecule has 0 spiro atoms. The summed E-state index contributed by atoms with van der Waals surface area (Å²) in [5.74, 6) is -0.624. The number of piperazine rings is 1. The lowest BCUT2D eigenvalue weighted by Crippen LogP contribution is -2.52. The lowest BCUT2D eigenvalue weighted by molar-refractivity contribution is -0.143. The van der Waals surface area contributed by atoms with Crippen molar-refractivity contribution in [2.45, 2.75) is 38.3 Å². The average molecular weight is 269 g/mol. The molecule has 1 saturated carbocycles. The summed E-state index contributed by atoms with van der Waals surface area (Å²) in [5, 5.41) is 11.9. The fourth-order valence-electron chi connectivity index (χ4n) is 2.32. The van der Waals surface area contributed by atoms with Crippen molar-refractivity contribution in [2.24, 2.45) is 0 Å². The summed E-state index contributed by atoms with van der Waals surface area (Å²) in [6, 6.07) is 0.0149. The largest absolute Gasteiger partial charge is 0.480 e. The number of carboxylic acid groups (broad SMARTS) is 1. The van der Waals surface area contributed by atoms with Gasteiger partial charge in [-0.3, -0.25) is 14.5 Å². The van der Waals surface area contributed by atoms with E-state index < -0.39 is 12.0 Å². The number of nitrogens with zero attached hydrogens (tertiary/aromatic N) is 2. The number of hydrogen-bond acceptors (Lipinski definition) is 4. The van der Waals surface area contributed by atoms with E-state index in [1.54, 1.807) is 6.92 Å². The van der Waals surface area contributed by atoms with E-state index in [1.807, 2.05) is 4.90 Å². The minimum atomic E-state index is -0.766. The van der Waals surface area contributed by atoms with Crippen LogP contribution in [-0.4, -0.2) is 71.6 Å². The van der Waals surface area contributed by atoms with E-state index in [4.69, 9.17) is 5.11 Å².